The number of nitrogens with one attached hydrogen (secondary N) is 1. The predicted octanol–water partition coefficient (Wildman–Crippen LogP) is 3.69. The maximum atomic E-state index is 12.6. The molecule has 0 fully saturated rings. The third kappa shape index (κ3) is 3.94. The highest BCUT2D eigenvalue weighted by Gasteiger charge is 2.19. The number of hydrogen-bond acceptors (Lipinski definition) is 7. The zero-order chi connectivity index (χ0) is 18.7. The molecule has 0 aliphatic rings. The largest absolute Gasteiger partial charge is 0.462 e. The van der Waals surface area contributed by atoms with Gasteiger partial charge in [0.25, 0.3) is 10.0 Å². The molecular formula is C17H16N2O5S2. The van der Waals surface area contributed by atoms with Crippen LogP contribution in [0.15, 0.2) is 51.2 Å². The molecule has 3 rings (SSSR count). The average molecular weight is 392 g/mol. The summed E-state index contributed by atoms with van der Waals surface area (Å²) in [5.74, 6) is 0.00547. The molecule has 1 N–H and O–H groups in total. The minimum Gasteiger partial charge on any atom is -0.462 e. The maximum Gasteiger partial charge on any atom is 0.338 e. The lowest BCUT2D eigenvalue weighted by Crippen LogP contribution is -2.12. The summed E-state index contributed by atoms with van der Waals surface area (Å²) in [5, 5.41) is 3.80. The van der Waals surface area contributed by atoms with Crippen LogP contribution in [0.3, 0.4) is 0 Å². The van der Waals surface area contributed by atoms with Gasteiger partial charge >= 0.3 is 5.97 Å². The quantitative estimate of drug-likeness (QED) is 0.643. The Morgan fingerprint density at radius 1 is 1.27 bits per heavy atom. The van der Waals surface area contributed by atoms with E-state index >= 15 is 0 Å². The van der Waals surface area contributed by atoms with Crippen molar-refractivity contribution in [1.82, 2.24) is 5.16 Å². The molecule has 0 saturated carbocycles. The second-order valence-electron chi connectivity index (χ2n) is 5.36. The molecule has 136 valence electrons. The molecule has 3 aromatic rings. The number of anilines is 1. The highest BCUT2D eigenvalue weighted by Crippen LogP contribution is 2.32. The van der Waals surface area contributed by atoms with Crippen molar-refractivity contribution in [2.75, 3.05) is 11.3 Å². The van der Waals surface area contributed by atoms with Crippen molar-refractivity contribution in [2.45, 2.75) is 18.1 Å². The fourth-order valence-corrected chi connectivity index (χ4v) is 4.51. The first-order chi connectivity index (χ1) is 12.4. The van der Waals surface area contributed by atoms with Crippen LogP contribution in [0.5, 0.6) is 0 Å². The van der Waals surface area contributed by atoms with Crippen molar-refractivity contribution in [2.24, 2.45) is 0 Å². The highest BCUT2D eigenvalue weighted by atomic mass is 32.2. The van der Waals surface area contributed by atoms with Gasteiger partial charge < -0.3 is 9.26 Å². The summed E-state index contributed by atoms with van der Waals surface area (Å²) in [6, 6.07) is 11.0. The van der Waals surface area contributed by atoms with Crippen molar-refractivity contribution < 1.29 is 22.5 Å². The van der Waals surface area contributed by atoms with E-state index in [-0.39, 0.29) is 22.1 Å². The van der Waals surface area contributed by atoms with E-state index in [9.17, 15) is 13.2 Å². The van der Waals surface area contributed by atoms with E-state index in [4.69, 9.17) is 9.26 Å². The minimum absolute atomic E-state index is 0.128. The molecule has 0 amide bonds. The zero-order valence-corrected chi connectivity index (χ0v) is 15.7. The highest BCUT2D eigenvalue weighted by molar-refractivity contribution is 7.94. The molecular weight excluding hydrogens is 376 g/mol. The van der Waals surface area contributed by atoms with Crippen molar-refractivity contribution >= 4 is 33.0 Å². The molecule has 9 heteroatoms. The van der Waals surface area contributed by atoms with Crippen LogP contribution in [0, 0.1) is 6.92 Å². The number of aromatic nitrogens is 1. The van der Waals surface area contributed by atoms with E-state index in [1.165, 1.54) is 12.1 Å². The Hall–Kier alpha value is -2.65. The Kier molecular flexibility index (Phi) is 5.10. The molecule has 0 unspecified atom stereocenters. The van der Waals surface area contributed by atoms with Crippen LogP contribution in [0.25, 0.3) is 10.6 Å². The fourth-order valence-electron chi connectivity index (χ4n) is 2.21. The summed E-state index contributed by atoms with van der Waals surface area (Å²) in [6.45, 7) is 3.74. The number of hydrogen-bond donors (Lipinski definition) is 1. The number of carbonyl (C=O) groups is 1. The van der Waals surface area contributed by atoms with Crippen LogP contribution in [0.4, 0.5) is 5.69 Å². The zero-order valence-electron chi connectivity index (χ0n) is 14.1. The normalized spacial score (nSPS) is 11.3. The van der Waals surface area contributed by atoms with E-state index in [2.05, 4.69) is 9.88 Å². The first-order valence-electron chi connectivity index (χ1n) is 7.72. The summed E-state index contributed by atoms with van der Waals surface area (Å²) >= 11 is 1.07. The molecule has 0 spiro atoms. The van der Waals surface area contributed by atoms with Gasteiger partial charge in [-0.2, -0.15) is 0 Å². The molecule has 26 heavy (non-hydrogen) atoms. The van der Waals surface area contributed by atoms with Gasteiger partial charge in [0, 0.05) is 11.8 Å². The summed E-state index contributed by atoms with van der Waals surface area (Å²) in [5.41, 5.74) is 1.27. The number of sulfonamides is 1. The Labute approximate surface area is 154 Å². The molecule has 0 aliphatic heterocycles. The molecule has 7 nitrogen and oxygen atoms in total. The van der Waals surface area contributed by atoms with E-state index in [0.29, 0.717) is 16.3 Å². The minimum atomic E-state index is -3.79. The number of benzene rings is 1. The van der Waals surface area contributed by atoms with Crippen LogP contribution < -0.4 is 4.72 Å². The lowest BCUT2D eigenvalue weighted by Gasteiger charge is -2.08. The van der Waals surface area contributed by atoms with Gasteiger partial charge in [0.15, 0.2) is 5.76 Å². The lowest BCUT2D eigenvalue weighted by molar-refractivity contribution is 0.0526. The van der Waals surface area contributed by atoms with E-state index in [1.807, 2.05) is 0 Å². The van der Waals surface area contributed by atoms with Gasteiger partial charge in [0.05, 0.1) is 22.7 Å². The molecule has 0 radical (unpaired) electrons. The fraction of sp³-hybridized carbons (Fsp3) is 0.176. The second kappa shape index (κ2) is 7.30. The van der Waals surface area contributed by atoms with Crippen LogP contribution in [0.2, 0.25) is 0 Å². The second-order valence-corrected chi connectivity index (χ2v) is 8.35. The predicted molar refractivity (Wildman–Crippen MR) is 97.8 cm³/mol. The number of esters is 1. The summed E-state index contributed by atoms with van der Waals surface area (Å²) in [7, 11) is -3.79. The van der Waals surface area contributed by atoms with Crippen molar-refractivity contribution in [3.05, 3.63) is 53.7 Å². The Morgan fingerprint density at radius 2 is 2.08 bits per heavy atom. The number of ether oxygens (including phenoxy) is 1. The standard InChI is InChI=1S/C17H16N2O5S2/c1-3-23-17(20)12-5-4-6-13(10-12)19-26(21,22)16-8-7-15(25-16)14-9-11(2)18-24-14/h4-10,19H,3H2,1-2H3. The van der Waals surface area contributed by atoms with E-state index < -0.39 is 16.0 Å². The monoisotopic (exact) mass is 392 g/mol. The smallest absolute Gasteiger partial charge is 0.338 e. The SMILES string of the molecule is CCOC(=O)c1cccc(NS(=O)(=O)c2ccc(-c3cc(C)no3)s2)c1. The maximum absolute atomic E-state index is 12.6. The first kappa shape index (κ1) is 18.2. The Bertz CT molecular complexity index is 1040. The molecule has 0 atom stereocenters. The Balaban J connectivity index is 1.82. The molecule has 2 aromatic heterocycles. The molecule has 2 heterocycles. The average Bonchev–Trinajstić information content (AvgIpc) is 3.24. The molecule has 0 aliphatic carbocycles. The van der Waals surface area contributed by atoms with Gasteiger partial charge in [-0.25, -0.2) is 13.2 Å². The summed E-state index contributed by atoms with van der Waals surface area (Å²) < 4.78 is 37.9. The van der Waals surface area contributed by atoms with E-state index in [0.717, 1.165) is 11.3 Å². The third-order valence-electron chi connectivity index (χ3n) is 3.34. The Morgan fingerprint density at radius 3 is 2.77 bits per heavy atom. The van der Waals surface area contributed by atoms with Crippen LogP contribution in [0.1, 0.15) is 23.0 Å². The van der Waals surface area contributed by atoms with Crippen molar-refractivity contribution in [3.8, 4) is 10.6 Å². The first-order valence-corrected chi connectivity index (χ1v) is 10.0. The number of aryl methyl sites for hydroxylation is 1. The van der Waals surface area contributed by atoms with Gasteiger partial charge in [-0.15, -0.1) is 11.3 Å². The molecule has 0 saturated heterocycles. The van der Waals surface area contributed by atoms with E-state index in [1.54, 1.807) is 44.2 Å². The number of carbonyl (C=O) groups excluding carboxylic acids is 1. The van der Waals surface area contributed by atoms with Gasteiger partial charge in [-0.3, -0.25) is 4.72 Å². The molecule has 1 aromatic carbocycles. The summed E-state index contributed by atoms with van der Waals surface area (Å²) in [6.07, 6.45) is 0. The number of nitrogens with zero attached hydrogens (tertiary/aromatic N) is 1. The van der Waals surface area contributed by atoms with Crippen LogP contribution >= 0.6 is 11.3 Å². The van der Waals surface area contributed by atoms with Gasteiger partial charge in [0.1, 0.15) is 4.21 Å². The van der Waals surface area contributed by atoms with Crippen molar-refractivity contribution in [1.29, 1.82) is 0 Å². The van der Waals surface area contributed by atoms with Crippen LogP contribution in [-0.2, 0) is 14.8 Å². The molecule has 0 bridgehead atoms. The third-order valence-corrected chi connectivity index (χ3v) is 6.32. The summed E-state index contributed by atoms with van der Waals surface area (Å²) in [4.78, 5) is 12.4. The van der Waals surface area contributed by atoms with Gasteiger partial charge in [-0.05, 0) is 44.2 Å². The topological polar surface area (TPSA) is 98.5 Å². The lowest BCUT2D eigenvalue weighted by atomic mass is 10.2. The van der Waals surface area contributed by atoms with Gasteiger partial charge in [0.2, 0.25) is 0 Å². The number of rotatable bonds is 6. The van der Waals surface area contributed by atoms with Gasteiger partial charge in [-0.1, -0.05) is 11.2 Å². The number of thiophene rings is 1. The van der Waals surface area contributed by atoms with Crippen molar-refractivity contribution in [3.63, 3.8) is 0 Å². The van der Waals surface area contributed by atoms with Crippen LogP contribution in [-0.4, -0.2) is 26.2 Å².